The zero-order valence-electron chi connectivity index (χ0n) is 11.1. The van der Waals surface area contributed by atoms with Crippen LogP contribution in [0.15, 0.2) is 23.1 Å². The average Bonchev–Trinajstić information content (AvgIpc) is 2.54. The van der Waals surface area contributed by atoms with Crippen LogP contribution in [0.4, 0.5) is 0 Å². The quantitative estimate of drug-likeness (QED) is 0.902. The molecule has 0 radical (unpaired) electrons. The van der Waals surface area contributed by atoms with E-state index in [1.54, 1.807) is 6.92 Å². The Hall–Kier alpha value is -0.330. The van der Waals surface area contributed by atoms with Crippen LogP contribution in [0.5, 0.6) is 0 Å². The van der Waals surface area contributed by atoms with Crippen LogP contribution in [0.3, 0.4) is 0 Å². The molecular weight excluding hydrogens is 321 g/mol. The fraction of sp³-hybridized carbons (Fsp3) is 0.538. The molecule has 0 amide bonds. The van der Waals surface area contributed by atoms with Gasteiger partial charge in [0.15, 0.2) is 0 Å². The Morgan fingerprint density at radius 1 is 1.20 bits per heavy atom. The minimum Gasteiger partial charge on any atom is -0.390 e. The van der Waals surface area contributed by atoms with Gasteiger partial charge in [0.1, 0.15) is 0 Å². The van der Waals surface area contributed by atoms with E-state index in [-0.39, 0.29) is 9.92 Å². The smallest absolute Gasteiger partial charge is 0.243 e. The molecule has 1 aliphatic rings. The van der Waals surface area contributed by atoms with E-state index in [0.29, 0.717) is 37.4 Å². The van der Waals surface area contributed by atoms with Gasteiger partial charge >= 0.3 is 0 Å². The van der Waals surface area contributed by atoms with Crippen molar-refractivity contribution in [3.05, 3.63) is 28.2 Å². The highest BCUT2D eigenvalue weighted by atomic mass is 35.5. The average molecular weight is 338 g/mol. The standard InChI is InChI=1S/C13H17Cl2NO3S/c1-13(17)5-2-7-16(8-6-13)20(18,19)10-3-4-11(14)12(15)9-10/h3-4,9,17H,2,5-8H2,1H3. The molecule has 0 bridgehead atoms. The Morgan fingerprint density at radius 3 is 2.55 bits per heavy atom. The number of rotatable bonds is 2. The Morgan fingerprint density at radius 2 is 1.90 bits per heavy atom. The van der Waals surface area contributed by atoms with Crippen LogP contribution in [-0.4, -0.2) is 36.5 Å². The zero-order chi connectivity index (χ0) is 15.0. The normalized spacial score (nSPS) is 25.4. The molecule has 1 unspecified atom stereocenters. The molecule has 1 heterocycles. The van der Waals surface area contributed by atoms with Gasteiger partial charge in [-0.2, -0.15) is 4.31 Å². The van der Waals surface area contributed by atoms with Crippen LogP contribution in [-0.2, 0) is 10.0 Å². The Balaban J connectivity index is 2.28. The van der Waals surface area contributed by atoms with Crippen molar-refractivity contribution in [2.24, 2.45) is 0 Å². The molecular formula is C13H17Cl2NO3S. The lowest BCUT2D eigenvalue weighted by molar-refractivity contribution is 0.0465. The van der Waals surface area contributed by atoms with Crippen molar-refractivity contribution in [2.45, 2.75) is 36.7 Å². The molecule has 1 aromatic carbocycles. The number of benzene rings is 1. The van der Waals surface area contributed by atoms with Crippen molar-refractivity contribution in [1.29, 1.82) is 0 Å². The molecule has 1 aliphatic heterocycles. The lowest BCUT2D eigenvalue weighted by Gasteiger charge is -2.22. The fourth-order valence-corrected chi connectivity index (χ4v) is 4.13. The van der Waals surface area contributed by atoms with Crippen LogP contribution in [0.2, 0.25) is 10.0 Å². The van der Waals surface area contributed by atoms with E-state index in [1.807, 2.05) is 0 Å². The van der Waals surface area contributed by atoms with Gasteiger partial charge in [0.05, 0.1) is 20.5 Å². The summed E-state index contributed by atoms with van der Waals surface area (Å²) < 4.78 is 26.5. The first-order valence-corrected chi connectivity index (χ1v) is 8.60. The molecule has 1 atom stereocenters. The van der Waals surface area contributed by atoms with E-state index in [9.17, 15) is 13.5 Å². The molecule has 4 nitrogen and oxygen atoms in total. The summed E-state index contributed by atoms with van der Waals surface area (Å²) in [6.07, 6.45) is 1.65. The molecule has 112 valence electrons. The van der Waals surface area contributed by atoms with Crippen molar-refractivity contribution in [1.82, 2.24) is 4.31 Å². The van der Waals surface area contributed by atoms with Crippen LogP contribution >= 0.6 is 23.2 Å². The van der Waals surface area contributed by atoms with Crippen molar-refractivity contribution >= 4 is 33.2 Å². The third kappa shape index (κ3) is 3.46. The molecule has 7 heteroatoms. The molecule has 0 aliphatic carbocycles. The number of halogens is 2. The summed E-state index contributed by atoms with van der Waals surface area (Å²) >= 11 is 11.7. The first kappa shape index (κ1) is 16.0. The van der Waals surface area contributed by atoms with Gasteiger partial charge < -0.3 is 5.11 Å². The van der Waals surface area contributed by atoms with Crippen molar-refractivity contribution in [2.75, 3.05) is 13.1 Å². The van der Waals surface area contributed by atoms with E-state index < -0.39 is 15.6 Å². The minimum atomic E-state index is -3.60. The van der Waals surface area contributed by atoms with Gasteiger partial charge in [0, 0.05) is 13.1 Å². The van der Waals surface area contributed by atoms with Crippen molar-refractivity contribution < 1.29 is 13.5 Å². The Bertz CT molecular complexity index is 602. The number of hydrogen-bond acceptors (Lipinski definition) is 3. The van der Waals surface area contributed by atoms with Gasteiger partial charge in [-0.15, -0.1) is 0 Å². The van der Waals surface area contributed by atoms with E-state index in [1.165, 1.54) is 22.5 Å². The highest BCUT2D eigenvalue weighted by molar-refractivity contribution is 7.89. The zero-order valence-corrected chi connectivity index (χ0v) is 13.5. The van der Waals surface area contributed by atoms with E-state index >= 15 is 0 Å². The number of nitrogens with zero attached hydrogens (tertiary/aromatic N) is 1. The van der Waals surface area contributed by atoms with Crippen molar-refractivity contribution in [3.8, 4) is 0 Å². The third-order valence-corrected chi connectivity index (χ3v) is 6.19. The van der Waals surface area contributed by atoms with E-state index in [2.05, 4.69) is 0 Å². The second-order valence-electron chi connectivity index (χ2n) is 5.33. The van der Waals surface area contributed by atoms with Crippen molar-refractivity contribution in [3.63, 3.8) is 0 Å². The predicted octanol–water partition coefficient (Wildman–Crippen LogP) is 2.92. The van der Waals surface area contributed by atoms with Gasteiger partial charge in [-0.1, -0.05) is 23.2 Å². The summed E-state index contributed by atoms with van der Waals surface area (Å²) in [7, 11) is -3.60. The summed E-state index contributed by atoms with van der Waals surface area (Å²) in [4.78, 5) is 0.133. The van der Waals surface area contributed by atoms with Gasteiger partial charge in [-0.3, -0.25) is 0 Å². The second-order valence-corrected chi connectivity index (χ2v) is 8.08. The van der Waals surface area contributed by atoms with Gasteiger partial charge in [-0.05, 0) is 44.4 Å². The highest BCUT2D eigenvalue weighted by Crippen LogP contribution is 2.29. The molecule has 1 fully saturated rings. The maximum Gasteiger partial charge on any atom is 0.243 e. The monoisotopic (exact) mass is 337 g/mol. The third-order valence-electron chi connectivity index (χ3n) is 3.55. The highest BCUT2D eigenvalue weighted by Gasteiger charge is 2.31. The van der Waals surface area contributed by atoms with Crippen LogP contribution in [0.1, 0.15) is 26.2 Å². The number of sulfonamides is 1. The number of aliphatic hydroxyl groups is 1. The van der Waals surface area contributed by atoms with Gasteiger partial charge in [-0.25, -0.2) is 8.42 Å². The molecule has 0 spiro atoms. The summed E-state index contributed by atoms with van der Waals surface area (Å²) in [5.74, 6) is 0. The lowest BCUT2D eigenvalue weighted by Crippen LogP contribution is -2.33. The maximum atomic E-state index is 12.6. The summed E-state index contributed by atoms with van der Waals surface area (Å²) in [6, 6.07) is 4.29. The summed E-state index contributed by atoms with van der Waals surface area (Å²) in [5.41, 5.74) is -0.804. The first-order chi connectivity index (χ1) is 9.22. The maximum absolute atomic E-state index is 12.6. The molecule has 1 saturated heterocycles. The van der Waals surface area contributed by atoms with Crippen LogP contribution in [0, 0.1) is 0 Å². The van der Waals surface area contributed by atoms with E-state index in [4.69, 9.17) is 23.2 Å². The molecule has 1 aromatic rings. The molecule has 20 heavy (non-hydrogen) atoms. The Labute approximate surface area is 129 Å². The SMILES string of the molecule is CC1(O)CCCN(S(=O)(=O)c2ccc(Cl)c(Cl)c2)CC1. The van der Waals surface area contributed by atoms with E-state index in [0.717, 1.165) is 0 Å². The minimum absolute atomic E-state index is 0.133. The van der Waals surface area contributed by atoms with Gasteiger partial charge in [0.25, 0.3) is 0 Å². The second kappa shape index (κ2) is 5.81. The lowest BCUT2D eigenvalue weighted by atomic mass is 9.98. The largest absolute Gasteiger partial charge is 0.390 e. The van der Waals surface area contributed by atoms with Crippen LogP contribution < -0.4 is 0 Å². The Kier molecular flexibility index (Phi) is 4.66. The van der Waals surface area contributed by atoms with Crippen LogP contribution in [0.25, 0.3) is 0 Å². The topological polar surface area (TPSA) is 57.6 Å². The molecule has 1 N–H and O–H groups in total. The summed E-state index contributed by atoms with van der Waals surface area (Å²) in [6.45, 7) is 2.44. The predicted molar refractivity (Wildman–Crippen MR) is 79.7 cm³/mol. The molecule has 0 aromatic heterocycles. The molecule has 0 saturated carbocycles. The first-order valence-electron chi connectivity index (χ1n) is 6.40. The fourth-order valence-electron chi connectivity index (χ4n) is 2.27. The van der Waals surface area contributed by atoms with Gasteiger partial charge in [0.2, 0.25) is 10.0 Å². The molecule has 2 rings (SSSR count). The number of hydrogen-bond donors (Lipinski definition) is 1. The summed E-state index contributed by atoms with van der Waals surface area (Å²) in [5, 5.41) is 10.6.